The highest BCUT2D eigenvalue weighted by Crippen LogP contribution is 2.36. The van der Waals surface area contributed by atoms with E-state index in [4.69, 9.17) is 0 Å². The van der Waals surface area contributed by atoms with Crippen LogP contribution in [0.5, 0.6) is 0 Å². The predicted octanol–water partition coefficient (Wildman–Crippen LogP) is 3.39. The second-order valence-electron chi connectivity index (χ2n) is 7.45. The minimum Gasteiger partial charge on any atom is -0.394 e. The number of carbonyl (C=O) groups is 1. The standard InChI is InChI=1S/C21H28FN3O2/c1-13(2)18(14(3)19(23-5)25-21(4)10-11-21)20(27)24-17(12-26)15-6-8-16(22)9-7-15/h6-9,17,25-26H,5,10-12H2,1-4H3,(H,24,27)/b19-14-. The van der Waals surface area contributed by atoms with Crippen molar-refractivity contribution in [2.75, 3.05) is 6.61 Å². The number of aliphatic hydroxyl groups is 1. The summed E-state index contributed by atoms with van der Waals surface area (Å²) in [5.74, 6) is -0.102. The van der Waals surface area contributed by atoms with Gasteiger partial charge in [-0.2, -0.15) is 0 Å². The van der Waals surface area contributed by atoms with Gasteiger partial charge >= 0.3 is 0 Å². The van der Waals surface area contributed by atoms with Crippen molar-refractivity contribution in [3.05, 3.63) is 58.2 Å². The molecule has 1 atom stereocenters. The van der Waals surface area contributed by atoms with Crippen LogP contribution in [0.1, 0.15) is 52.1 Å². The Labute approximate surface area is 160 Å². The zero-order chi connectivity index (χ0) is 20.2. The number of benzene rings is 1. The Morgan fingerprint density at radius 1 is 1.30 bits per heavy atom. The maximum atomic E-state index is 13.1. The lowest BCUT2D eigenvalue weighted by Crippen LogP contribution is -2.34. The van der Waals surface area contributed by atoms with Crippen LogP contribution in [-0.2, 0) is 4.79 Å². The van der Waals surface area contributed by atoms with Gasteiger partial charge in [0.1, 0.15) is 11.6 Å². The van der Waals surface area contributed by atoms with Gasteiger partial charge in [0.15, 0.2) is 0 Å². The van der Waals surface area contributed by atoms with Crippen molar-refractivity contribution in [3.8, 4) is 0 Å². The molecule has 1 aromatic carbocycles. The van der Waals surface area contributed by atoms with Crippen LogP contribution in [0, 0.1) is 5.82 Å². The smallest absolute Gasteiger partial charge is 0.252 e. The molecule has 1 aromatic rings. The molecule has 1 saturated carbocycles. The number of carbonyl (C=O) groups excluding carboxylic acids is 1. The lowest BCUT2D eigenvalue weighted by molar-refractivity contribution is -0.118. The third-order valence-electron chi connectivity index (χ3n) is 4.80. The van der Waals surface area contributed by atoms with Crippen molar-refractivity contribution in [3.63, 3.8) is 0 Å². The summed E-state index contributed by atoms with van der Waals surface area (Å²) in [5, 5.41) is 15.9. The molecule has 0 aliphatic heterocycles. The van der Waals surface area contributed by atoms with Crippen LogP contribution in [0.4, 0.5) is 4.39 Å². The van der Waals surface area contributed by atoms with Gasteiger partial charge in [0.05, 0.1) is 12.6 Å². The minimum atomic E-state index is -0.630. The molecule has 0 saturated heterocycles. The molecule has 2 rings (SSSR count). The molecule has 0 aromatic heterocycles. The lowest BCUT2D eigenvalue weighted by atomic mass is 10.00. The number of hydrogen-bond acceptors (Lipinski definition) is 4. The van der Waals surface area contributed by atoms with Crippen molar-refractivity contribution in [1.82, 2.24) is 10.6 Å². The lowest BCUT2D eigenvalue weighted by Gasteiger charge is -2.21. The zero-order valence-corrected chi connectivity index (χ0v) is 16.4. The molecule has 146 valence electrons. The van der Waals surface area contributed by atoms with E-state index < -0.39 is 6.04 Å². The molecule has 1 amide bonds. The normalized spacial score (nSPS) is 16.7. The largest absolute Gasteiger partial charge is 0.394 e. The Balaban J connectivity index is 2.27. The van der Waals surface area contributed by atoms with Crippen molar-refractivity contribution < 1.29 is 14.3 Å². The summed E-state index contributed by atoms with van der Waals surface area (Å²) in [6.45, 7) is 11.0. The highest BCUT2D eigenvalue weighted by Gasteiger charge is 2.38. The van der Waals surface area contributed by atoms with Crippen LogP contribution in [0.15, 0.2) is 51.8 Å². The number of hydrogen-bond donors (Lipinski definition) is 3. The topological polar surface area (TPSA) is 73.7 Å². The molecule has 1 aliphatic carbocycles. The van der Waals surface area contributed by atoms with Gasteiger partial charge < -0.3 is 15.7 Å². The number of nitrogens with one attached hydrogen (secondary N) is 2. The number of rotatable bonds is 8. The Morgan fingerprint density at radius 3 is 2.33 bits per heavy atom. The first kappa shape index (κ1) is 20.8. The SMILES string of the molecule is C=N/C(NC1(C)CC1)=C(\C)C(C(=O)NC(CO)c1ccc(F)cc1)=C(C)C. The first-order chi connectivity index (χ1) is 12.7. The van der Waals surface area contributed by atoms with E-state index in [1.165, 1.54) is 12.1 Å². The van der Waals surface area contributed by atoms with E-state index in [0.717, 1.165) is 18.4 Å². The number of allylic oxidation sites excluding steroid dienone is 1. The molecule has 6 heteroatoms. The van der Waals surface area contributed by atoms with Crippen LogP contribution < -0.4 is 10.6 Å². The first-order valence-corrected chi connectivity index (χ1v) is 9.01. The second kappa shape index (κ2) is 8.48. The molecule has 27 heavy (non-hydrogen) atoms. The molecule has 1 fully saturated rings. The van der Waals surface area contributed by atoms with Gasteiger partial charge in [0.2, 0.25) is 0 Å². The summed E-state index contributed by atoms with van der Waals surface area (Å²) < 4.78 is 13.1. The quantitative estimate of drug-likeness (QED) is 0.371. The third kappa shape index (κ3) is 5.26. The summed E-state index contributed by atoms with van der Waals surface area (Å²) in [5.41, 5.74) is 2.65. The molecule has 0 radical (unpaired) electrons. The molecule has 3 N–H and O–H groups in total. The number of aliphatic imine (C=N–C) groups is 1. The van der Waals surface area contributed by atoms with Gasteiger partial charge in [-0.3, -0.25) is 4.79 Å². The van der Waals surface area contributed by atoms with Crippen molar-refractivity contribution in [1.29, 1.82) is 0 Å². The van der Waals surface area contributed by atoms with Crippen molar-refractivity contribution >= 4 is 12.6 Å². The molecular weight excluding hydrogens is 345 g/mol. The summed E-state index contributed by atoms with van der Waals surface area (Å²) in [7, 11) is 0. The Kier molecular flexibility index (Phi) is 6.54. The highest BCUT2D eigenvalue weighted by atomic mass is 19.1. The average Bonchev–Trinajstić information content (AvgIpc) is 3.35. The average molecular weight is 373 g/mol. The summed E-state index contributed by atoms with van der Waals surface area (Å²) in [4.78, 5) is 17.0. The number of nitrogens with zero attached hydrogens (tertiary/aromatic N) is 1. The predicted molar refractivity (Wildman–Crippen MR) is 106 cm³/mol. The van der Waals surface area contributed by atoms with Crippen LogP contribution in [0.3, 0.4) is 0 Å². The van der Waals surface area contributed by atoms with E-state index in [0.29, 0.717) is 22.5 Å². The van der Waals surface area contributed by atoms with Crippen LogP contribution in [0.2, 0.25) is 0 Å². The highest BCUT2D eigenvalue weighted by molar-refractivity contribution is 5.98. The molecule has 1 unspecified atom stereocenters. The summed E-state index contributed by atoms with van der Waals surface area (Å²) in [6, 6.07) is 5.07. The minimum absolute atomic E-state index is 0.00274. The van der Waals surface area contributed by atoms with E-state index in [9.17, 15) is 14.3 Å². The number of halogens is 1. The van der Waals surface area contributed by atoms with Gasteiger partial charge in [-0.25, -0.2) is 9.38 Å². The number of amides is 1. The van der Waals surface area contributed by atoms with Crippen molar-refractivity contribution in [2.24, 2.45) is 4.99 Å². The molecule has 1 aliphatic rings. The maximum absolute atomic E-state index is 13.1. The summed E-state index contributed by atoms with van der Waals surface area (Å²) in [6.07, 6.45) is 2.10. The fourth-order valence-corrected chi connectivity index (χ4v) is 2.90. The first-order valence-electron chi connectivity index (χ1n) is 9.01. The van der Waals surface area contributed by atoms with Gasteiger partial charge in [-0.1, -0.05) is 17.7 Å². The van der Waals surface area contributed by atoms with Crippen LogP contribution in [0.25, 0.3) is 0 Å². The fourth-order valence-electron chi connectivity index (χ4n) is 2.90. The van der Waals surface area contributed by atoms with Crippen molar-refractivity contribution in [2.45, 2.75) is 52.1 Å². The Bertz CT molecular complexity index is 773. The molecule has 0 bridgehead atoms. The van der Waals surface area contributed by atoms with Crippen LogP contribution >= 0.6 is 0 Å². The van der Waals surface area contributed by atoms with E-state index in [-0.39, 0.29) is 23.9 Å². The molecule has 5 nitrogen and oxygen atoms in total. The maximum Gasteiger partial charge on any atom is 0.252 e. The zero-order valence-electron chi connectivity index (χ0n) is 16.4. The monoisotopic (exact) mass is 373 g/mol. The molecular formula is C21H28FN3O2. The van der Waals surface area contributed by atoms with E-state index >= 15 is 0 Å². The van der Waals surface area contributed by atoms with Gasteiger partial charge in [0, 0.05) is 16.7 Å². The molecule has 0 heterocycles. The van der Waals surface area contributed by atoms with Crippen LogP contribution in [-0.4, -0.2) is 29.9 Å². The van der Waals surface area contributed by atoms with Gasteiger partial charge in [0.25, 0.3) is 5.91 Å². The Morgan fingerprint density at radius 2 is 1.89 bits per heavy atom. The second-order valence-corrected chi connectivity index (χ2v) is 7.45. The summed E-state index contributed by atoms with van der Waals surface area (Å²) >= 11 is 0. The van der Waals surface area contributed by atoms with Gasteiger partial charge in [-0.05, 0) is 65.0 Å². The van der Waals surface area contributed by atoms with Gasteiger partial charge in [-0.15, -0.1) is 0 Å². The fraction of sp³-hybridized carbons (Fsp3) is 0.429. The Hall–Kier alpha value is -2.47. The third-order valence-corrected chi connectivity index (χ3v) is 4.80. The van der Waals surface area contributed by atoms with E-state index in [1.807, 2.05) is 20.8 Å². The number of aliphatic hydroxyl groups excluding tert-OH is 1. The molecule has 0 spiro atoms. The van der Waals surface area contributed by atoms with E-state index in [2.05, 4.69) is 29.3 Å². The van der Waals surface area contributed by atoms with E-state index in [1.54, 1.807) is 12.1 Å².